The maximum atomic E-state index is 9.46. The van der Waals surface area contributed by atoms with E-state index in [2.05, 4.69) is 6.07 Å². The number of aliphatic hydroxyl groups is 3. The van der Waals surface area contributed by atoms with Crippen LogP contribution in [0.2, 0.25) is 0 Å². The number of rotatable bonds is 5. The van der Waals surface area contributed by atoms with Crippen LogP contribution in [0.3, 0.4) is 0 Å². The first-order valence-electron chi connectivity index (χ1n) is 5.78. The van der Waals surface area contributed by atoms with Gasteiger partial charge in [-0.25, -0.2) is 0 Å². The number of unbranched alkanes of at least 4 members (excludes halogenated alkanes) is 3. The molecule has 92 valence electrons. The highest BCUT2D eigenvalue weighted by molar-refractivity contribution is 4.86. The molecule has 3 atom stereocenters. The van der Waals surface area contributed by atoms with Crippen molar-refractivity contribution >= 4 is 0 Å². The summed E-state index contributed by atoms with van der Waals surface area (Å²) in [5.41, 5.74) is 0. The number of β-amino-alcohol motifs (C(OH)–C–C–N with tert-alkyl or cyclic N) is 2. The summed E-state index contributed by atoms with van der Waals surface area (Å²) in [5, 5.41) is 36.6. The van der Waals surface area contributed by atoms with E-state index in [1.54, 1.807) is 0 Å². The molecule has 1 fully saturated rings. The van der Waals surface area contributed by atoms with Crippen molar-refractivity contribution in [2.75, 3.05) is 19.6 Å². The van der Waals surface area contributed by atoms with E-state index in [1.165, 1.54) is 0 Å². The molecule has 16 heavy (non-hydrogen) atoms. The van der Waals surface area contributed by atoms with Crippen LogP contribution in [0, 0.1) is 11.3 Å². The van der Waals surface area contributed by atoms with Gasteiger partial charge in [0, 0.05) is 19.5 Å². The largest absolute Gasteiger partial charge is 0.389 e. The van der Waals surface area contributed by atoms with Crippen molar-refractivity contribution in [3.8, 4) is 6.07 Å². The van der Waals surface area contributed by atoms with Gasteiger partial charge in [-0.05, 0) is 19.4 Å². The molecule has 0 unspecified atom stereocenters. The second kappa shape index (κ2) is 6.81. The number of hydrogen-bond acceptors (Lipinski definition) is 5. The Morgan fingerprint density at radius 1 is 1.06 bits per heavy atom. The third-order valence-corrected chi connectivity index (χ3v) is 2.94. The van der Waals surface area contributed by atoms with E-state index in [-0.39, 0.29) is 0 Å². The summed E-state index contributed by atoms with van der Waals surface area (Å²) in [4.78, 5) is 1.95. The Balaban J connectivity index is 2.16. The summed E-state index contributed by atoms with van der Waals surface area (Å²) in [6.45, 7) is 1.62. The minimum atomic E-state index is -1.02. The van der Waals surface area contributed by atoms with Gasteiger partial charge in [-0.3, -0.25) is 4.90 Å². The zero-order valence-electron chi connectivity index (χ0n) is 9.42. The molecule has 0 spiro atoms. The maximum absolute atomic E-state index is 9.46. The summed E-state index contributed by atoms with van der Waals surface area (Å²) in [6.07, 6.45) is 0.693. The monoisotopic (exact) mass is 228 g/mol. The predicted octanol–water partition coefficient (Wildman–Crippen LogP) is -0.531. The zero-order valence-corrected chi connectivity index (χ0v) is 9.42. The smallest absolute Gasteiger partial charge is 0.108 e. The third-order valence-electron chi connectivity index (χ3n) is 2.94. The number of piperidine rings is 1. The summed E-state index contributed by atoms with van der Waals surface area (Å²) >= 11 is 0. The topological polar surface area (TPSA) is 87.7 Å². The van der Waals surface area contributed by atoms with E-state index in [4.69, 9.17) is 5.26 Å². The van der Waals surface area contributed by atoms with E-state index in [0.717, 1.165) is 25.8 Å². The average Bonchev–Trinajstić information content (AvgIpc) is 2.25. The van der Waals surface area contributed by atoms with Crippen molar-refractivity contribution in [2.24, 2.45) is 0 Å². The number of nitrogens with zero attached hydrogens (tertiary/aromatic N) is 2. The molecule has 1 rings (SSSR count). The van der Waals surface area contributed by atoms with Gasteiger partial charge in [0.2, 0.25) is 0 Å². The lowest BCUT2D eigenvalue weighted by Gasteiger charge is -2.36. The lowest BCUT2D eigenvalue weighted by molar-refractivity contribution is -0.109. The van der Waals surface area contributed by atoms with Crippen LogP contribution in [0.5, 0.6) is 0 Å². The summed E-state index contributed by atoms with van der Waals surface area (Å²) < 4.78 is 0. The Hall–Kier alpha value is -0.670. The minimum absolute atomic E-state index is 0.413. The van der Waals surface area contributed by atoms with E-state index in [9.17, 15) is 15.3 Å². The first kappa shape index (κ1) is 13.4. The van der Waals surface area contributed by atoms with Crippen molar-refractivity contribution in [3.63, 3.8) is 0 Å². The van der Waals surface area contributed by atoms with E-state index >= 15 is 0 Å². The molecular formula is C11H20N2O3. The van der Waals surface area contributed by atoms with Crippen molar-refractivity contribution in [1.82, 2.24) is 4.90 Å². The van der Waals surface area contributed by atoms with Crippen LogP contribution in [-0.2, 0) is 0 Å². The Labute approximate surface area is 95.9 Å². The van der Waals surface area contributed by atoms with Crippen molar-refractivity contribution in [3.05, 3.63) is 0 Å². The van der Waals surface area contributed by atoms with Gasteiger partial charge < -0.3 is 15.3 Å². The van der Waals surface area contributed by atoms with Crippen LogP contribution in [-0.4, -0.2) is 58.2 Å². The van der Waals surface area contributed by atoms with Gasteiger partial charge in [0.25, 0.3) is 0 Å². The molecule has 5 nitrogen and oxygen atoms in total. The quantitative estimate of drug-likeness (QED) is 0.550. The fourth-order valence-corrected chi connectivity index (χ4v) is 1.97. The standard InChI is InChI=1S/C11H20N2O3/c12-5-3-1-2-4-6-13-7-9(14)11(16)10(15)8-13/h9-11,14-16H,1-4,6-8H2/t9-,10+,11-. The Bertz CT molecular complexity index is 230. The highest BCUT2D eigenvalue weighted by Gasteiger charge is 2.32. The van der Waals surface area contributed by atoms with Gasteiger partial charge in [-0.15, -0.1) is 0 Å². The SMILES string of the molecule is N#CCCCCCN1C[C@@H](O)[C@@H](O)[C@@H](O)C1. The van der Waals surface area contributed by atoms with E-state index in [0.29, 0.717) is 19.5 Å². The molecular weight excluding hydrogens is 208 g/mol. The van der Waals surface area contributed by atoms with Crippen LogP contribution < -0.4 is 0 Å². The van der Waals surface area contributed by atoms with Gasteiger partial charge in [0.05, 0.1) is 18.3 Å². The molecule has 1 aliphatic heterocycles. The zero-order chi connectivity index (χ0) is 12.0. The summed E-state index contributed by atoms with van der Waals surface area (Å²) in [5.74, 6) is 0. The van der Waals surface area contributed by atoms with Crippen molar-refractivity contribution < 1.29 is 15.3 Å². The van der Waals surface area contributed by atoms with Crippen LogP contribution >= 0.6 is 0 Å². The molecule has 0 radical (unpaired) electrons. The molecule has 3 N–H and O–H groups in total. The van der Waals surface area contributed by atoms with Gasteiger partial charge >= 0.3 is 0 Å². The Morgan fingerprint density at radius 2 is 1.69 bits per heavy atom. The second-order valence-corrected chi connectivity index (χ2v) is 4.35. The molecule has 0 aliphatic carbocycles. The highest BCUT2D eigenvalue weighted by atomic mass is 16.4. The summed E-state index contributed by atoms with van der Waals surface area (Å²) in [6, 6.07) is 2.10. The average molecular weight is 228 g/mol. The molecule has 0 bridgehead atoms. The molecule has 1 aliphatic rings. The van der Waals surface area contributed by atoms with Crippen LogP contribution in [0.25, 0.3) is 0 Å². The van der Waals surface area contributed by atoms with E-state index < -0.39 is 18.3 Å². The van der Waals surface area contributed by atoms with Crippen LogP contribution in [0.15, 0.2) is 0 Å². The number of nitriles is 1. The lowest BCUT2D eigenvalue weighted by atomic mass is 10.0. The van der Waals surface area contributed by atoms with Crippen molar-refractivity contribution in [1.29, 1.82) is 5.26 Å². The molecule has 0 aromatic carbocycles. The molecule has 5 heteroatoms. The van der Waals surface area contributed by atoms with Gasteiger partial charge in [0.15, 0.2) is 0 Å². The normalized spacial score (nSPS) is 31.2. The van der Waals surface area contributed by atoms with Crippen molar-refractivity contribution in [2.45, 2.75) is 44.0 Å². The Kier molecular flexibility index (Phi) is 5.71. The predicted molar refractivity (Wildman–Crippen MR) is 58.5 cm³/mol. The third kappa shape index (κ3) is 4.06. The maximum Gasteiger partial charge on any atom is 0.108 e. The fraction of sp³-hybridized carbons (Fsp3) is 0.909. The molecule has 0 saturated carbocycles. The lowest BCUT2D eigenvalue weighted by Crippen LogP contribution is -2.55. The van der Waals surface area contributed by atoms with Crippen LogP contribution in [0.1, 0.15) is 25.7 Å². The van der Waals surface area contributed by atoms with Gasteiger partial charge in [-0.1, -0.05) is 6.42 Å². The number of aliphatic hydroxyl groups excluding tert-OH is 3. The summed E-state index contributed by atoms with van der Waals surface area (Å²) in [7, 11) is 0. The minimum Gasteiger partial charge on any atom is -0.389 e. The van der Waals surface area contributed by atoms with Crippen LogP contribution in [0.4, 0.5) is 0 Å². The number of likely N-dealkylation sites (tertiary alicyclic amines) is 1. The molecule has 0 aromatic rings. The second-order valence-electron chi connectivity index (χ2n) is 4.35. The van der Waals surface area contributed by atoms with E-state index in [1.807, 2.05) is 4.90 Å². The fourth-order valence-electron chi connectivity index (χ4n) is 1.97. The number of hydrogen-bond donors (Lipinski definition) is 3. The highest BCUT2D eigenvalue weighted by Crippen LogP contribution is 2.13. The Morgan fingerprint density at radius 3 is 2.25 bits per heavy atom. The first-order valence-corrected chi connectivity index (χ1v) is 5.78. The van der Waals surface area contributed by atoms with Gasteiger partial charge in [0.1, 0.15) is 6.10 Å². The molecule has 1 heterocycles. The molecule has 0 amide bonds. The molecule has 1 saturated heterocycles. The first-order chi connectivity index (χ1) is 7.65. The molecule has 0 aromatic heterocycles. The van der Waals surface area contributed by atoms with Gasteiger partial charge in [-0.2, -0.15) is 5.26 Å².